The Morgan fingerprint density at radius 3 is 2.50 bits per heavy atom. The standard InChI is InChI=1S/C9H19N3/c1-3-12(4-2)9-5-7-11-8-6-10/h11H,3-5,7-9H2,1-2H3. The molecule has 0 aromatic carbocycles. The lowest BCUT2D eigenvalue weighted by Gasteiger charge is -2.17. The molecule has 0 radical (unpaired) electrons. The Hall–Kier alpha value is -0.590. The number of nitrogens with zero attached hydrogens (tertiary/aromatic N) is 2. The largest absolute Gasteiger partial charge is 0.304 e. The molecular formula is C9H19N3. The van der Waals surface area contributed by atoms with Gasteiger partial charge in [0.05, 0.1) is 12.6 Å². The Morgan fingerprint density at radius 1 is 1.33 bits per heavy atom. The lowest BCUT2D eigenvalue weighted by molar-refractivity contribution is 0.298. The third-order valence-electron chi connectivity index (χ3n) is 1.93. The predicted molar refractivity (Wildman–Crippen MR) is 50.9 cm³/mol. The molecule has 0 aliphatic heterocycles. The van der Waals surface area contributed by atoms with Crippen LogP contribution in [0.25, 0.3) is 0 Å². The van der Waals surface area contributed by atoms with E-state index in [4.69, 9.17) is 5.26 Å². The Bertz CT molecular complexity index is 124. The predicted octanol–water partition coefficient (Wildman–Crippen LogP) is 0.831. The van der Waals surface area contributed by atoms with Gasteiger partial charge in [-0.3, -0.25) is 0 Å². The van der Waals surface area contributed by atoms with E-state index in [0.717, 1.165) is 32.6 Å². The van der Waals surface area contributed by atoms with E-state index in [9.17, 15) is 0 Å². The molecule has 0 aromatic rings. The van der Waals surface area contributed by atoms with Crippen molar-refractivity contribution in [2.45, 2.75) is 20.3 Å². The Balaban J connectivity index is 3.13. The summed E-state index contributed by atoms with van der Waals surface area (Å²) in [7, 11) is 0. The van der Waals surface area contributed by atoms with Crippen LogP contribution in [0.5, 0.6) is 0 Å². The highest BCUT2D eigenvalue weighted by atomic mass is 15.1. The van der Waals surface area contributed by atoms with Crippen molar-refractivity contribution in [2.24, 2.45) is 0 Å². The molecule has 1 N–H and O–H groups in total. The van der Waals surface area contributed by atoms with E-state index in [1.165, 1.54) is 0 Å². The summed E-state index contributed by atoms with van der Waals surface area (Å²) in [6.07, 6.45) is 1.13. The first-order valence-electron chi connectivity index (χ1n) is 4.65. The minimum Gasteiger partial charge on any atom is -0.304 e. The minimum atomic E-state index is 0.470. The van der Waals surface area contributed by atoms with Crippen LogP contribution in [0.1, 0.15) is 20.3 Å². The molecular weight excluding hydrogens is 150 g/mol. The minimum absolute atomic E-state index is 0.470. The van der Waals surface area contributed by atoms with Gasteiger partial charge in [-0.2, -0.15) is 5.26 Å². The number of hydrogen-bond acceptors (Lipinski definition) is 3. The zero-order valence-electron chi connectivity index (χ0n) is 8.14. The van der Waals surface area contributed by atoms with Crippen LogP contribution in [0.2, 0.25) is 0 Å². The molecule has 0 amide bonds. The van der Waals surface area contributed by atoms with Crippen LogP contribution in [0, 0.1) is 11.3 Å². The van der Waals surface area contributed by atoms with Crippen molar-refractivity contribution in [1.82, 2.24) is 10.2 Å². The average molecular weight is 169 g/mol. The molecule has 0 saturated carbocycles. The molecule has 3 nitrogen and oxygen atoms in total. The zero-order chi connectivity index (χ0) is 9.23. The van der Waals surface area contributed by atoms with E-state index in [0.29, 0.717) is 6.54 Å². The molecule has 0 atom stereocenters. The van der Waals surface area contributed by atoms with Gasteiger partial charge in [0.1, 0.15) is 0 Å². The molecule has 12 heavy (non-hydrogen) atoms. The van der Waals surface area contributed by atoms with Crippen LogP contribution in [0.4, 0.5) is 0 Å². The van der Waals surface area contributed by atoms with Gasteiger partial charge in [0, 0.05) is 0 Å². The van der Waals surface area contributed by atoms with E-state index < -0.39 is 0 Å². The first-order valence-corrected chi connectivity index (χ1v) is 4.65. The van der Waals surface area contributed by atoms with Crippen molar-refractivity contribution in [1.29, 1.82) is 5.26 Å². The van der Waals surface area contributed by atoms with Crippen molar-refractivity contribution in [3.8, 4) is 6.07 Å². The summed E-state index contributed by atoms with van der Waals surface area (Å²) < 4.78 is 0. The van der Waals surface area contributed by atoms with Crippen LogP contribution in [0.15, 0.2) is 0 Å². The monoisotopic (exact) mass is 169 g/mol. The second kappa shape index (κ2) is 8.51. The summed E-state index contributed by atoms with van der Waals surface area (Å²) in [5, 5.41) is 11.3. The second-order valence-corrected chi connectivity index (χ2v) is 2.72. The van der Waals surface area contributed by atoms with E-state index in [-0.39, 0.29) is 0 Å². The normalized spacial score (nSPS) is 10.2. The summed E-state index contributed by atoms with van der Waals surface area (Å²) in [5.41, 5.74) is 0. The summed E-state index contributed by atoms with van der Waals surface area (Å²) in [6, 6.07) is 2.06. The smallest absolute Gasteiger partial charge is 0.0840 e. The van der Waals surface area contributed by atoms with Gasteiger partial charge in [-0.15, -0.1) is 0 Å². The van der Waals surface area contributed by atoms with Crippen molar-refractivity contribution in [2.75, 3.05) is 32.7 Å². The van der Waals surface area contributed by atoms with Crippen LogP contribution in [0.3, 0.4) is 0 Å². The molecule has 70 valence electrons. The highest BCUT2D eigenvalue weighted by Gasteiger charge is 1.96. The van der Waals surface area contributed by atoms with Gasteiger partial charge in [-0.25, -0.2) is 0 Å². The highest BCUT2D eigenvalue weighted by Crippen LogP contribution is 1.88. The fourth-order valence-corrected chi connectivity index (χ4v) is 1.11. The summed E-state index contributed by atoms with van der Waals surface area (Å²) in [6.45, 7) is 9.13. The third kappa shape index (κ3) is 6.14. The lowest BCUT2D eigenvalue weighted by Crippen LogP contribution is -2.27. The number of rotatable bonds is 7. The average Bonchev–Trinajstić information content (AvgIpc) is 2.11. The van der Waals surface area contributed by atoms with Crippen molar-refractivity contribution >= 4 is 0 Å². The first kappa shape index (κ1) is 11.4. The van der Waals surface area contributed by atoms with Crippen molar-refractivity contribution < 1.29 is 0 Å². The van der Waals surface area contributed by atoms with Crippen molar-refractivity contribution in [3.05, 3.63) is 0 Å². The fraction of sp³-hybridized carbons (Fsp3) is 0.889. The van der Waals surface area contributed by atoms with Gasteiger partial charge in [0.15, 0.2) is 0 Å². The lowest BCUT2D eigenvalue weighted by atomic mass is 10.3. The quantitative estimate of drug-likeness (QED) is 0.453. The maximum Gasteiger partial charge on any atom is 0.0840 e. The molecule has 0 bridgehead atoms. The second-order valence-electron chi connectivity index (χ2n) is 2.72. The fourth-order valence-electron chi connectivity index (χ4n) is 1.11. The molecule has 0 aliphatic rings. The Kier molecular flexibility index (Phi) is 8.09. The van der Waals surface area contributed by atoms with Gasteiger partial charge < -0.3 is 10.2 Å². The van der Waals surface area contributed by atoms with Gasteiger partial charge in [-0.05, 0) is 32.6 Å². The molecule has 0 rings (SSSR count). The third-order valence-corrected chi connectivity index (χ3v) is 1.93. The van der Waals surface area contributed by atoms with E-state index in [1.54, 1.807) is 0 Å². The van der Waals surface area contributed by atoms with E-state index in [2.05, 4.69) is 30.1 Å². The SMILES string of the molecule is CCN(CC)CCCNCC#N. The Morgan fingerprint density at radius 2 is 2.00 bits per heavy atom. The maximum absolute atomic E-state index is 8.24. The molecule has 3 heteroatoms. The van der Waals surface area contributed by atoms with Gasteiger partial charge in [0.2, 0.25) is 0 Å². The number of nitrogens with one attached hydrogen (secondary N) is 1. The van der Waals surface area contributed by atoms with Gasteiger partial charge in [0.25, 0.3) is 0 Å². The van der Waals surface area contributed by atoms with E-state index in [1.807, 2.05) is 0 Å². The zero-order valence-corrected chi connectivity index (χ0v) is 8.14. The van der Waals surface area contributed by atoms with Gasteiger partial charge in [-0.1, -0.05) is 13.8 Å². The number of hydrogen-bond donors (Lipinski definition) is 1. The molecule has 0 unspecified atom stereocenters. The van der Waals surface area contributed by atoms with Crippen LogP contribution >= 0.6 is 0 Å². The van der Waals surface area contributed by atoms with E-state index >= 15 is 0 Å². The van der Waals surface area contributed by atoms with Crippen LogP contribution in [-0.4, -0.2) is 37.6 Å². The molecule has 0 spiro atoms. The van der Waals surface area contributed by atoms with Crippen LogP contribution in [-0.2, 0) is 0 Å². The molecule has 0 aliphatic carbocycles. The first-order chi connectivity index (χ1) is 5.85. The van der Waals surface area contributed by atoms with Crippen LogP contribution < -0.4 is 5.32 Å². The van der Waals surface area contributed by atoms with Gasteiger partial charge >= 0.3 is 0 Å². The molecule has 0 fully saturated rings. The summed E-state index contributed by atoms with van der Waals surface area (Å²) in [5.74, 6) is 0. The number of nitriles is 1. The maximum atomic E-state index is 8.24. The topological polar surface area (TPSA) is 39.1 Å². The highest BCUT2D eigenvalue weighted by molar-refractivity contribution is 4.72. The molecule has 0 saturated heterocycles. The molecule has 0 heterocycles. The Labute approximate surface area is 75.4 Å². The summed E-state index contributed by atoms with van der Waals surface area (Å²) >= 11 is 0. The van der Waals surface area contributed by atoms with Crippen molar-refractivity contribution in [3.63, 3.8) is 0 Å². The molecule has 0 aromatic heterocycles. The summed E-state index contributed by atoms with van der Waals surface area (Å²) in [4.78, 5) is 2.38.